The molecular weight excluding hydrogens is 214 g/mol. The fourth-order valence-electron chi connectivity index (χ4n) is 2.32. The highest BCUT2D eigenvalue weighted by Crippen LogP contribution is 2.41. The van der Waals surface area contributed by atoms with Crippen molar-refractivity contribution < 1.29 is 9.53 Å². The zero-order chi connectivity index (χ0) is 12.0. The molecule has 1 fully saturated rings. The molecule has 0 saturated heterocycles. The fraction of sp³-hybridized carbons (Fsp3) is 0.357. The largest absolute Gasteiger partial charge is 0.497 e. The van der Waals surface area contributed by atoms with Crippen molar-refractivity contribution >= 4 is 16.7 Å². The lowest BCUT2D eigenvalue weighted by Crippen LogP contribution is -2.01. The number of nitrogens with one attached hydrogen (secondary N) is 1. The Hall–Kier alpha value is -1.77. The molecular formula is C14H15NO2. The number of fused-ring (bicyclic) bond motifs is 1. The average molecular weight is 229 g/mol. The highest BCUT2D eigenvalue weighted by atomic mass is 16.5. The normalized spacial score (nSPS) is 22.7. The second-order valence-corrected chi connectivity index (χ2v) is 4.80. The van der Waals surface area contributed by atoms with Gasteiger partial charge in [-0.3, -0.25) is 4.79 Å². The zero-order valence-corrected chi connectivity index (χ0v) is 9.99. The molecule has 3 rings (SSSR count). The maximum atomic E-state index is 12.2. The van der Waals surface area contributed by atoms with Gasteiger partial charge in [-0.2, -0.15) is 0 Å². The second-order valence-electron chi connectivity index (χ2n) is 4.80. The summed E-state index contributed by atoms with van der Waals surface area (Å²) in [7, 11) is 1.64. The molecule has 0 amide bonds. The standard InChI is InChI=1S/C14H15NO2/c1-8-5-10(8)14(16)12-7-15-13-4-3-9(17-2)6-11(12)13/h3-4,6-8,10,15H,5H2,1-2H3. The molecule has 0 radical (unpaired) electrons. The van der Waals surface area contributed by atoms with E-state index < -0.39 is 0 Å². The Morgan fingerprint density at radius 1 is 1.47 bits per heavy atom. The number of aromatic amines is 1. The Bertz CT molecular complexity index is 585. The van der Waals surface area contributed by atoms with Gasteiger partial charge in [-0.05, 0) is 30.5 Å². The van der Waals surface area contributed by atoms with Crippen LogP contribution in [0, 0.1) is 11.8 Å². The molecule has 1 aliphatic carbocycles. The van der Waals surface area contributed by atoms with Crippen LogP contribution in [0.3, 0.4) is 0 Å². The third kappa shape index (κ3) is 1.62. The number of aromatic nitrogens is 1. The molecule has 2 atom stereocenters. The van der Waals surface area contributed by atoms with Crippen molar-refractivity contribution in [1.82, 2.24) is 4.98 Å². The van der Waals surface area contributed by atoms with E-state index in [1.165, 1.54) is 0 Å². The summed E-state index contributed by atoms with van der Waals surface area (Å²) in [6, 6.07) is 5.76. The first kappa shape index (κ1) is 10.4. The number of hydrogen-bond acceptors (Lipinski definition) is 2. The molecule has 1 aromatic carbocycles. The quantitative estimate of drug-likeness (QED) is 0.822. The van der Waals surface area contributed by atoms with Crippen LogP contribution in [0.15, 0.2) is 24.4 Å². The van der Waals surface area contributed by atoms with Crippen LogP contribution in [0.4, 0.5) is 0 Å². The first-order chi connectivity index (χ1) is 8.20. The van der Waals surface area contributed by atoms with Gasteiger partial charge in [-0.15, -0.1) is 0 Å². The van der Waals surface area contributed by atoms with Crippen LogP contribution in [0.25, 0.3) is 10.9 Å². The Morgan fingerprint density at radius 3 is 2.88 bits per heavy atom. The number of benzene rings is 1. The van der Waals surface area contributed by atoms with E-state index >= 15 is 0 Å². The number of ketones is 1. The maximum absolute atomic E-state index is 12.2. The molecule has 1 aliphatic rings. The molecule has 3 nitrogen and oxygen atoms in total. The van der Waals surface area contributed by atoms with Crippen molar-refractivity contribution in [2.45, 2.75) is 13.3 Å². The number of ether oxygens (including phenoxy) is 1. The van der Waals surface area contributed by atoms with Gasteiger partial charge in [0.15, 0.2) is 5.78 Å². The fourth-order valence-corrected chi connectivity index (χ4v) is 2.32. The lowest BCUT2D eigenvalue weighted by molar-refractivity contribution is 0.0964. The minimum absolute atomic E-state index is 0.222. The summed E-state index contributed by atoms with van der Waals surface area (Å²) in [5.41, 5.74) is 1.79. The van der Waals surface area contributed by atoms with E-state index in [-0.39, 0.29) is 11.7 Å². The van der Waals surface area contributed by atoms with E-state index in [4.69, 9.17) is 4.74 Å². The number of hydrogen-bond donors (Lipinski definition) is 1. The lowest BCUT2D eigenvalue weighted by Gasteiger charge is -2.01. The summed E-state index contributed by atoms with van der Waals surface area (Å²) in [6.07, 6.45) is 2.84. The molecule has 2 unspecified atom stereocenters. The predicted molar refractivity (Wildman–Crippen MR) is 66.5 cm³/mol. The molecule has 2 aromatic rings. The summed E-state index contributed by atoms with van der Waals surface area (Å²) in [4.78, 5) is 15.4. The topological polar surface area (TPSA) is 42.1 Å². The summed E-state index contributed by atoms with van der Waals surface area (Å²) in [5, 5.41) is 0.966. The minimum atomic E-state index is 0.222. The summed E-state index contributed by atoms with van der Waals surface area (Å²) in [5.74, 6) is 1.81. The lowest BCUT2D eigenvalue weighted by atomic mass is 10.1. The molecule has 0 aliphatic heterocycles. The summed E-state index contributed by atoms with van der Waals surface area (Å²) >= 11 is 0. The number of Topliss-reactive ketones (excluding diaryl/α,β-unsaturated/α-hetero) is 1. The van der Waals surface area contributed by atoms with Crippen molar-refractivity contribution in [1.29, 1.82) is 0 Å². The van der Waals surface area contributed by atoms with Crippen molar-refractivity contribution in [2.75, 3.05) is 7.11 Å². The third-order valence-corrected chi connectivity index (χ3v) is 3.60. The van der Waals surface area contributed by atoms with Crippen LogP contribution in [-0.4, -0.2) is 17.9 Å². The minimum Gasteiger partial charge on any atom is -0.497 e. The second kappa shape index (κ2) is 3.62. The van der Waals surface area contributed by atoms with Gasteiger partial charge in [-0.1, -0.05) is 6.92 Å². The number of methoxy groups -OCH3 is 1. The Kier molecular flexibility index (Phi) is 2.21. The van der Waals surface area contributed by atoms with E-state index in [2.05, 4.69) is 11.9 Å². The van der Waals surface area contributed by atoms with E-state index in [0.717, 1.165) is 28.6 Å². The van der Waals surface area contributed by atoms with Crippen LogP contribution in [-0.2, 0) is 0 Å². The zero-order valence-electron chi connectivity index (χ0n) is 9.99. The molecule has 0 spiro atoms. The molecule has 0 bridgehead atoms. The van der Waals surface area contributed by atoms with E-state index in [9.17, 15) is 4.79 Å². The van der Waals surface area contributed by atoms with E-state index in [0.29, 0.717) is 5.92 Å². The van der Waals surface area contributed by atoms with E-state index in [1.807, 2.05) is 24.4 Å². The smallest absolute Gasteiger partial charge is 0.168 e. The van der Waals surface area contributed by atoms with Crippen molar-refractivity contribution in [3.8, 4) is 5.75 Å². The predicted octanol–water partition coefficient (Wildman–Crippen LogP) is 3.02. The van der Waals surface area contributed by atoms with Crippen molar-refractivity contribution in [3.05, 3.63) is 30.0 Å². The number of carbonyl (C=O) groups excluding carboxylic acids is 1. The average Bonchev–Trinajstić information content (AvgIpc) is 2.92. The molecule has 1 aromatic heterocycles. The SMILES string of the molecule is COc1ccc2[nH]cc(C(=O)C3CC3C)c2c1. The third-order valence-electron chi connectivity index (χ3n) is 3.60. The monoisotopic (exact) mass is 229 g/mol. The highest BCUT2D eigenvalue weighted by Gasteiger charge is 2.40. The summed E-state index contributed by atoms with van der Waals surface area (Å²) < 4.78 is 5.20. The molecule has 17 heavy (non-hydrogen) atoms. The Balaban J connectivity index is 2.07. The van der Waals surface area contributed by atoms with Gasteiger partial charge in [0.1, 0.15) is 5.75 Å². The van der Waals surface area contributed by atoms with Gasteiger partial charge in [0.05, 0.1) is 7.11 Å². The summed E-state index contributed by atoms with van der Waals surface area (Å²) in [6.45, 7) is 2.12. The maximum Gasteiger partial charge on any atom is 0.168 e. The van der Waals surface area contributed by atoms with E-state index in [1.54, 1.807) is 7.11 Å². The van der Waals surface area contributed by atoms with Gasteiger partial charge in [0.2, 0.25) is 0 Å². The van der Waals surface area contributed by atoms with Gasteiger partial charge < -0.3 is 9.72 Å². The van der Waals surface area contributed by atoms with Gasteiger partial charge >= 0.3 is 0 Å². The first-order valence-electron chi connectivity index (χ1n) is 5.90. The first-order valence-corrected chi connectivity index (χ1v) is 5.90. The van der Waals surface area contributed by atoms with Crippen LogP contribution < -0.4 is 4.74 Å². The van der Waals surface area contributed by atoms with Crippen LogP contribution in [0.5, 0.6) is 5.75 Å². The van der Waals surface area contributed by atoms with Crippen molar-refractivity contribution in [2.24, 2.45) is 11.8 Å². The Morgan fingerprint density at radius 2 is 2.24 bits per heavy atom. The van der Waals surface area contributed by atoms with Crippen LogP contribution >= 0.6 is 0 Å². The van der Waals surface area contributed by atoms with Crippen LogP contribution in [0.2, 0.25) is 0 Å². The van der Waals surface area contributed by atoms with Gasteiger partial charge in [-0.25, -0.2) is 0 Å². The van der Waals surface area contributed by atoms with Gasteiger partial charge in [0.25, 0.3) is 0 Å². The number of H-pyrrole nitrogens is 1. The molecule has 3 heteroatoms. The number of rotatable bonds is 3. The highest BCUT2D eigenvalue weighted by molar-refractivity contribution is 6.10. The number of carbonyl (C=O) groups is 1. The van der Waals surface area contributed by atoms with Gasteiger partial charge in [0, 0.05) is 28.6 Å². The molecule has 1 saturated carbocycles. The van der Waals surface area contributed by atoms with Crippen LogP contribution in [0.1, 0.15) is 23.7 Å². The molecule has 88 valence electrons. The van der Waals surface area contributed by atoms with Crippen molar-refractivity contribution in [3.63, 3.8) is 0 Å². The molecule has 1 N–H and O–H groups in total. The Labute approximate surface area is 99.8 Å². The molecule has 1 heterocycles.